The van der Waals surface area contributed by atoms with E-state index in [1.165, 1.54) is 7.11 Å². The molecule has 0 aromatic heterocycles. The van der Waals surface area contributed by atoms with Crippen LogP contribution in [0, 0.1) is 5.92 Å². The van der Waals surface area contributed by atoms with E-state index in [1.54, 1.807) is 29.2 Å². The van der Waals surface area contributed by atoms with Crippen LogP contribution in [0.5, 0.6) is 0 Å². The summed E-state index contributed by atoms with van der Waals surface area (Å²) >= 11 is 0. The molecule has 0 bridgehead atoms. The molecule has 1 aliphatic carbocycles. The van der Waals surface area contributed by atoms with Crippen LogP contribution in [0.25, 0.3) is 0 Å². The molecule has 1 aromatic carbocycles. The van der Waals surface area contributed by atoms with Crippen LogP contribution >= 0.6 is 0 Å². The highest BCUT2D eigenvalue weighted by Crippen LogP contribution is 2.34. The van der Waals surface area contributed by atoms with Gasteiger partial charge in [-0.25, -0.2) is 9.59 Å². The Hall–Kier alpha value is -2.57. The Morgan fingerprint density at radius 2 is 1.68 bits per heavy atom. The predicted octanol–water partition coefficient (Wildman–Crippen LogP) is 3.00. The van der Waals surface area contributed by atoms with Crippen molar-refractivity contribution < 1.29 is 23.9 Å². The van der Waals surface area contributed by atoms with E-state index in [2.05, 4.69) is 0 Å². The van der Waals surface area contributed by atoms with Crippen molar-refractivity contribution in [3.05, 3.63) is 35.4 Å². The normalized spacial score (nSPS) is 19.9. The number of benzene rings is 1. The minimum Gasteiger partial charge on any atom is -0.465 e. The van der Waals surface area contributed by atoms with Gasteiger partial charge in [-0.15, -0.1) is 0 Å². The third-order valence-corrected chi connectivity index (χ3v) is 4.96. The fourth-order valence-electron chi connectivity index (χ4n) is 3.36. The van der Waals surface area contributed by atoms with Gasteiger partial charge in [-0.2, -0.15) is 0 Å². The van der Waals surface area contributed by atoms with Gasteiger partial charge >= 0.3 is 12.1 Å². The van der Waals surface area contributed by atoms with Crippen molar-refractivity contribution in [3.63, 3.8) is 0 Å². The summed E-state index contributed by atoms with van der Waals surface area (Å²) in [5.41, 5.74) is 0.695. The third kappa shape index (κ3) is 4.64. The van der Waals surface area contributed by atoms with E-state index in [1.807, 2.05) is 25.7 Å². The van der Waals surface area contributed by atoms with Crippen LogP contribution in [0.15, 0.2) is 24.3 Å². The maximum atomic E-state index is 12.8. The van der Waals surface area contributed by atoms with Crippen molar-refractivity contribution in [1.82, 2.24) is 9.80 Å². The molecule has 152 valence electrons. The predicted molar refractivity (Wildman–Crippen MR) is 103 cm³/mol. The molecule has 1 saturated carbocycles. The van der Waals surface area contributed by atoms with E-state index in [9.17, 15) is 14.4 Å². The molecule has 7 heteroatoms. The van der Waals surface area contributed by atoms with Crippen LogP contribution in [0.3, 0.4) is 0 Å². The smallest absolute Gasteiger partial charge is 0.410 e. The quantitative estimate of drug-likeness (QED) is 0.744. The summed E-state index contributed by atoms with van der Waals surface area (Å²) in [5.74, 6) is -0.111. The molecule has 3 rings (SSSR count). The number of piperazine rings is 1. The Bertz CT molecular complexity index is 749. The number of hydrogen-bond donors (Lipinski definition) is 0. The summed E-state index contributed by atoms with van der Waals surface area (Å²) in [6, 6.07) is 6.64. The molecule has 1 aliphatic heterocycles. The Morgan fingerprint density at radius 3 is 2.21 bits per heavy atom. The van der Waals surface area contributed by atoms with Crippen LogP contribution < -0.4 is 0 Å². The van der Waals surface area contributed by atoms with E-state index in [0.29, 0.717) is 25.2 Å². The van der Waals surface area contributed by atoms with E-state index < -0.39 is 17.7 Å². The molecule has 2 fully saturated rings. The number of nitrogens with zero attached hydrogens (tertiary/aromatic N) is 2. The third-order valence-electron chi connectivity index (χ3n) is 4.96. The summed E-state index contributed by atoms with van der Waals surface area (Å²) in [4.78, 5) is 40.5. The molecule has 2 amide bonds. The van der Waals surface area contributed by atoms with Gasteiger partial charge in [0.05, 0.1) is 18.7 Å². The second-order valence-corrected chi connectivity index (χ2v) is 8.36. The molecule has 28 heavy (non-hydrogen) atoms. The van der Waals surface area contributed by atoms with Gasteiger partial charge in [-0.05, 0) is 51.3 Å². The molecule has 7 nitrogen and oxygen atoms in total. The van der Waals surface area contributed by atoms with Crippen molar-refractivity contribution in [2.75, 3.05) is 26.7 Å². The topological polar surface area (TPSA) is 76.2 Å². The second kappa shape index (κ2) is 7.81. The fourth-order valence-corrected chi connectivity index (χ4v) is 3.36. The molecule has 0 N–H and O–H groups in total. The lowest BCUT2D eigenvalue weighted by Gasteiger charge is -2.42. The Kier molecular flexibility index (Phi) is 5.63. The van der Waals surface area contributed by atoms with Crippen molar-refractivity contribution in [1.29, 1.82) is 0 Å². The number of methoxy groups -OCH3 is 1. The van der Waals surface area contributed by atoms with Gasteiger partial charge in [0.15, 0.2) is 0 Å². The summed E-state index contributed by atoms with van der Waals surface area (Å²) in [6.45, 7) is 6.84. The van der Waals surface area contributed by atoms with E-state index in [0.717, 1.165) is 18.4 Å². The molecule has 2 aliphatic rings. The highest BCUT2D eigenvalue weighted by molar-refractivity contribution is 5.89. The van der Waals surface area contributed by atoms with Crippen LogP contribution in [0.4, 0.5) is 4.79 Å². The Morgan fingerprint density at radius 1 is 1.04 bits per heavy atom. The van der Waals surface area contributed by atoms with Crippen LogP contribution in [0.1, 0.15) is 55.6 Å². The molecule has 0 radical (unpaired) electrons. The summed E-state index contributed by atoms with van der Waals surface area (Å²) in [6.07, 6.45) is 1.50. The SMILES string of the molecule is COC(=O)c1ccc([C@H]2CN(C(=O)C3CC3)CCN2C(=O)OC(C)(C)C)cc1. The first-order chi connectivity index (χ1) is 13.2. The molecule has 0 spiro atoms. The van der Waals surface area contributed by atoms with Gasteiger partial charge in [-0.1, -0.05) is 12.1 Å². The van der Waals surface area contributed by atoms with Crippen molar-refractivity contribution >= 4 is 18.0 Å². The van der Waals surface area contributed by atoms with Gasteiger partial charge in [0.2, 0.25) is 5.91 Å². The number of ether oxygens (including phenoxy) is 2. The first-order valence-corrected chi connectivity index (χ1v) is 9.66. The van der Waals surface area contributed by atoms with Crippen LogP contribution in [-0.2, 0) is 14.3 Å². The molecule has 0 unspecified atom stereocenters. The number of rotatable bonds is 3. The van der Waals surface area contributed by atoms with Crippen molar-refractivity contribution in [2.45, 2.75) is 45.3 Å². The lowest BCUT2D eigenvalue weighted by molar-refractivity contribution is -0.135. The second-order valence-electron chi connectivity index (χ2n) is 8.36. The highest BCUT2D eigenvalue weighted by atomic mass is 16.6. The zero-order chi connectivity index (χ0) is 20.5. The van der Waals surface area contributed by atoms with E-state index in [-0.39, 0.29) is 17.9 Å². The van der Waals surface area contributed by atoms with E-state index in [4.69, 9.17) is 9.47 Å². The van der Waals surface area contributed by atoms with Crippen molar-refractivity contribution in [3.8, 4) is 0 Å². The van der Waals surface area contributed by atoms with Gasteiger partial charge in [-0.3, -0.25) is 9.69 Å². The standard InChI is InChI=1S/C21H28N2O5/c1-21(2,3)28-20(26)23-12-11-22(18(24)15-7-8-15)13-17(23)14-5-9-16(10-6-14)19(25)27-4/h5-6,9-10,15,17H,7-8,11-13H2,1-4H3/t17-/m1/s1. The Balaban J connectivity index is 1.83. The van der Waals surface area contributed by atoms with Gasteiger partial charge in [0, 0.05) is 25.6 Å². The number of hydrogen-bond acceptors (Lipinski definition) is 5. The number of carbonyl (C=O) groups excluding carboxylic acids is 3. The number of amides is 2. The minimum atomic E-state index is -0.600. The number of carbonyl (C=O) groups is 3. The van der Waals surface area contributed by atoms with Gasteiger partial charge in [0.25, 0.3) is 0 Å². The summed E-state index contributed by atoms with van der Waals surface area (Å²) < 4.78 is 10.3. The molecule has 1 atom stereocenters. The van der Waals surface area contributed by atoms with Gasteiger partial charge < -0.3 is 14.4 Å². The molecule has 1 saturated heterocycles. The first kappa shape index (κ1) is 20.2. The zero-order valence-corrected chi connectivity index (χ0v) is 16.9. The number of esters is 1. The zero-order valence-electron chi connectivity index (χ0n) is 16.9. The van der Waals surface area contributed by atoms with E-state index >= 15 is 0 Å². The van der Waals surface area contributed by atoms with Crippen LogP contribution in [-0.4, -0.2) is 60.1 Å². The summed E-state index contributed by atoms with van der Waals surface area (Å²) in [7, 11) is 1.34. The summed E-state index contributed by atoms with van der Waals surface area (Å²) in [5, 5.41) is 0. The minimum absolute atomic E-state index is 0.135. The molecular weight excluding hydrogens is 360 g/mol. The average molecular weight is 388 g/mol. The lowest BCUT2D eigenvalue weighted by atomic mass is 10.0. The molecule has 1 heterocycles. The maximum absolute atomic E-state index is 12.8. The highest BCUT2D eigenvalue weighted by Gasteiger charge is 2.40. The largest absolute Gasteiger partial charge is 0.465 e. The van der Waals surface area contributed by atoms with Gasteiger partial charge in [0.1, 0.15) is 5.60 Å². The maximum Gasteiger partial charge on any atom is 0.410 e. The first-order valence-electron chi connectivity index (χ1n) is 9.66. The lowest BCUT2D eigenvalue weighted by Crippen LogP contribution is -2.53. The fraction of sp³-hybridized carbons (Fsp3) is 0.571. The molecular formula is C21H28N2O5. The monoisotopic (exact) mass is 388 g/mol. The Labute approximate surface area is 165 Å². The molecule has 1 aromatic rings. The van der Waals surface area contributed by atoms with Crippen LogP contribution in [0.2, 0.25) is 0 Å². The average Bonchev–Trinajstić information content (AvgIpc) is 3.50. The van der Waals surface area contributed by atoms with Crippen molar-refractivity contribution in [2.24, 2.45) is 5.92 Å².